The van der Waals surface area contributed by atoms with Gasteiger partial charge in [-0.3, -0.25) is 4.79 Å². The topological polar surface area (TPSA) is 20.3 Å². The van der Waals surface area contributed by atoms with Crippen molar-refractivity contribution in [1.82, 2.24) is 0 Å². The van der Waals surface area contributed by atoms with E-state index in [4.69, 9.17) is 0 Å². The summed E-state index contributed by atoms with van der Waals surface area (Å²) in [7, 11) is 3.99. The van der Waals surface area contributed by atoms with Crippen molar-refractivity contribution in [3.8, 4) is 0 Å². The maximum atomic E-state index is 12.5. The maximum Gasteiger partial charge on any atom is 0.168 e. The van der Waals surface area contributed by atoms with Crippen molar-refractivity contribution in [2.75, 3.05) is 19.0 Å². The van der Waals surface area contributed by atoms with Crippen molar-refractivity contribution < 1.29 is 4.79 Å². The molecule has 0 unspecified atom stereocenters. The Hall–Kier alpha value is -1.31. The van der Waals surface area contributed by atoms with Crippen LogP contribution in [0, 0.1) is 5.92 Å². The summed E-state index contributed by atoms with van der Waals surface area (Å²) in [6.07, 6.45) is 5.85. The Morgan fingerprint density at radius 1 is 1.12 bits per heavy atom. The summed E-state index contributed by atoms with van der Waals surface area (Å²) in [4.78, 5) is 14.5. The summed E-state index contributed by atoms with van der Waals surface area (Å²) in [6, 6.07) is 7.94. The minimum absolute atomic E-state index is 0.254. The number of ketones is 1. The van der Waals surface area contributed by atoms with E-state index in [0.29, 0.717) is 5.78 Å². The van der Waals surface area contributed by atoms with Gasteiger partial charge in [0, 0.05) is 31.3 Å². The number of para-hydroxylation sites is 1. The zero-order chi connectivity index (χ0) is 12.3. The molecule has 1 fully saturated rings. The second-order valence-corrected chi connectivity index (χ2v) is 5.11. The van der Waals surface area contributed by atoms with Crippen LogP contribution >= 0.6 is 0 Å². The largest absolute Gasteiger partial charge is 0.377 e. The first-order valence-corrected chi connectivity index (χ1v) is 6.50. The molecule has 1 aromatic carbocycles. The highest BCUT2D eigenvalue weighted by Gasteiger charge is 2.24. The SMILES string of the molecule is CN(C)c1ccccc1C(=O)C1CCCCC1. The number of hydrogen-bond acceptors (Lipinski definition) is 2. The highest BCUT2D eigenvalue weighted by molar-refractivity contribution is 6.02. The van der Waals surface area contributed by atoms with Crippen LogP contribution in [0.25, 0.3) is 0 Å². The third-order valence-electron chi connectivity index (χ3n) is 3.63. The van der Waals surface area contributed by atoms with Gasteiger partial charge in [0.25, 0.3) is 0 Å². The van der Waals surface area contributed by atoms with Gasteiger partial charge in [-0.15, -0.1) is 0 Å². The third-order valence-corrected chi connectivity index (χ3v) is 3.63. The van der Waals surface area contributed by atoms with Crippen LogP contribution in [-0.2, 0) is 0 Å². The highest BCUT2D eigenvalue weighted by Crippen LogP contribution is 2.29. The van der Waals surface area contributed by atoms with Gasteiger partial charge in [-0.05, 0) is 25.0 Å². The number of anilines is 1. The van der Waals surface area contributed by atoms with Crippen LogP contribution in [0.2, 0.25) is 0 Å². The molecule has 0 amide bonds. The van der Waals surface area contributed by atoms with Gasteiger partial charge in [-0.2, -0.15) is 0 Å². The van der Waals surface area contributed by atoms with E-state index in [-0.39, 0.29) is 5.92 Å². The molecule has 17 heavy (non-hydrogen) atoms. The van der Waals surface area contributed by atoms with Crippen LogP contribution in [0.4, 0.5) is 5.69 Å². The van der Waals surface area contributed by atoms with E-state index in [9.17, 15) is 4.79 Å². The van der Waals surface area contributed by atoms with Gasteiger partial charge in [0.15, 0.2) is 5.78 Å². The number of nitrogens with zero attached hydrogens (tertiary/aromatic N) is 1. The first-order valence-electron chi connectivity index (χ1n) is 6.50. The van der Waals surface area contributed by atoms with Gasteiger partial charge >= 0.3 is 0 Å². The summed E-state index contributed by atoms with van der Waals surface area (Å²) in [5.41, 5.74) is 1.94. The molecular formula is C15H21NO. The lowest BCUT2D eigenvalue weighted by atomic mass is 9.83. The van der Waals surface area contributed by atoms with Crippen LogP contribution in [0.15, 0.2) is 24.3 Å². The Labute approximate surface area is 104 Å². The number of Topliss-reactive ketones (excluding diaryl/α,β-unsaturated/α-hetero) is 1. The monoisotopic (exact) mass is 231 g/mol. The minimum Gasteiger partial charge on any atom is -0.377 e. The molecule has 1 aliphatic rings. The molecule has 2 nitrogen and oxygen atoms in total. The summed E-state index contributed by atoms with van der Waals surface area (Å²) in [5, 5.41) is 0. The zero-order valence-electron chi connectivity index (χ0n) is 10.8. The molecule has 0 radical (unpaired) electrons. The predicted octanol–water partition coefficient (Wildman–Crippen LogP) is 3.52. The molecule has 2 heteroatoms. The van der Waals surface area contributed by atoms with Crippen LogP contribution in [0.3, 0.4) is 0 Å². The Kier molecular flexibility index (Phi) is 3.82. The van der Waals surface area contributed by atoms with Crippen molar-refractivity contribution in [3.63, 3.8) is 0 Å². The fraction of sp³-hybridized carbons (Fsp3) is 0.533. The molecule has 92 valence electrons. The minimum atomic E-state index is 0.254. The van der Waals surface area contributed by atoms with Crippen LogP contribution in [-0.4, -0.2) is 19.9 Å². The van der Waals surface area contributed by atoms with E-state index in [1.54, 1.807) is 0 Å². The Balaban J connectivity index is 2.23. The Morgan fingerprint density at radius 3 is 2.41 bits per heavy atom. The molecule has 0 saturated heterocycles. The van der Waals surface area contributed by atoms with Gasteiger partial charge in [0.05, 0.1) is 0 Å². The number of carbonyl (C=O) groups is 1. The number of carbonyl (C=O) groups excluding carboxylic acids is 1. The van der Waals surface area contributed by atoms with Crippen LogP contribution in [0.5, 0.6) is 0 Å². The standard InChI is InChI=1S/C15H21NO/c1-16(2)14-11-7-6-10-13(14)15(17)12-8-4-3-5-9-12/h6-7,10-12H,3-5,8-9H2,1-2H3. The Morgan fingerprint density at radius 2 is 1.76 bits per heavy atom. The maximum absolute atomic E-state index is 12.5. The highest BCUT2D eigenvalue weighted by atomic mass is 16.1. The van der Waals surface area contributed by atoms with Crippen LogP contribution in [0.1, 0.15) is 42.5 Å². The van der Waals surface area contributed by atoms with Gasteiger partial charge in [-0.1, -0.05) is 31.4 Å². The van der Waals surface area contributed by atoms with Gasteiger partial charge < -0.3 is 4.90 Å². The number of rotatable bonds is 3. The fourth-order valence-corrected chi connectivity index (χ4v) is 2.66. The van der Waals surface area contributed by atoms with Gasteiger partial charge in [0.1, 0.15) is 0 Å². The molecule has 0 atom stereocenters. The molecule has 0 heterocycles. The zero-order valence-corrected chi connectivity index (χ0v) is 10.8. The molecule has 0 aliphatic heterocycles. The number of hydrogen-bond donors (Lipinski definition) is 0. The van der Waals surface area contributed by atoms with E-state index in [2.05, 4.69) is 0 Å². The van der Waals surface area contributed by atoms with Crippen molar-refractivity contribution in [1.29, 1.82) is 0 Å². The summed E-state index contributed by atoms with van der Waals surface area (Å²) >= 11 is 0. The van der Waals surface area contributed by atoms with E-state index in [0.717, 1.165) is 24.1 Å². The summed E-state index contributed by atoms with van der Waals surface area (Å²) in [5.74, 6) is 0.596. The quantitative estimate of drug-likeness (QED) is 0.742. The number of benzene rings is 1. The smallest absolute Gasteiger partial charge is 0.168 e. The molecule has 1 aliphatic carbocycles. The second kappa shape index (κ2) is 5.35. The Bertz CT molecular complexity index is 392. The third kappa shape index (κ3) is 2.68. The predicted molar refractivity (Wildman–Crippen MR) is 71.7 cm³/mol. The molecule has 0 N–H and O–H groups in total. The van der Waals surface area contributed by atoms with Crippen molar-refractivity contribution in [2.45, 2.75) is 32.1 Å². The molecule has 0 aromatic heterocycles. The van der Waals surface area contributed by atoms with E-state index < -0.39 is 0 Å². The molecule has 1 saturated carbocycles. The molecule has 1 aromatic rings. The molecule has 0 bridgehead atoms. The van der Waals surface area contributed by atoms with Crippen LogP contribution < -0.4 is 4.90 Å². The average molecular weight is 231 g/mol. The lowest BCUT2D eigenvalue weighted by molar-refractivity contribution is 0.0890. The average Bonchev–Trinajstić information content (AvgIpc) is 2.39. The normalized spacial score (nSPS) is 16.8. The van der Waals surface area contributed by atoms with E-state index in [1.165, 1.54) is 19.3 Å². The lowest BCUT2D eigenvalue weighted by Gasteiger charge is -2.23. The van der Waals surface area contributed by atoms with Gasteiger partial charge in [0.2, 0.25) is 0 Å². The van der Waals surface area contributed by atoms with E-state index >= 15 is 0 Å². The lowest BCUT2D eigenvalue weighted by Crippen LogP contribution is -2.21. The van der Waals surface area contributed by atoms with Crippen molar-refractivity contribution >= 4 is 11.5 Å². The fourth-order valence-electron chi connectivity index (χ4n) is 2.66. The second-order valence-electron chi connectivity index (χ2n) is 5.11. The van der Waals surface area contributed by atoms with E-state index in [1.807, 2.05) is 43.3 Å². The molecule has 2 rings (SSSR count). The summed E-state index contributed by atoms with van der Waals surface area (Å²) in [6.45, 7) is 0. The first kappa shape index (κ1) is 12.2. The molecular weight excluding hydrogens is 210 g/mol. The molecule has 0 spiro atoms. The van der Waals surface area contributed by atoms with Crippen molar-refractivity contribution in [2.24, 2.45) is 5.92 Å². The summed E-state index contributed by atoms with van der Waals surface area (Å²) < 4.78 is 0. The van der Waals surface area contributed by atoms with Gasteiger partial charge in [-0.25, -0.2) is 0 Å². The first-order chi connectivity index (χ1) is 8.20. The van der Waals surface area contributed by atoms with Crippen molar-refractivity contribution in [3.05, 3.63) is 29.8 Å².